The molecule has 82 valence electrons. The fourth-order valence-electron chi connectivity index (χ4n) is 1.04. The smallest absolute Gasteiger partial charge is 0.225 e. The number of nitriles is 1. The minimum absolute atomic E-state index is 0.323. The molecule has 0 radical (unpaired) electrons. The summed E-state index contributed by atoms with van der Waals surface area (Å²) in [6.07, 6.45) is 4.12. The monoisotopic (exact) mass is 228 g/mol. The summed E-state index contributed by atoms with van der Waals surface area (Å²) in [5.41, 5.74) is 0. The summed E-state index contributed by atoms with van der Waals surface area (Å²) in [6, 6.07) is 3.40. The van der Waals surface area contributed by atoms with Crippen molar-refractivity contribution in [1.29, 1.82) is 5.26 Å². The van der Waals surface area contributed by atoms with Crippen LogP contribution in [-0.2, 0) is 16.6 Å². The zero-order chi connectivity index (χ0) is 11.1. The predicted molar refractivity (Wildman–Crippen MR) is 54.2 cm³/mol. The molecule has 1 N–H and O–H groups in total. The van der Waals surface area contributed by atoms with Crippen molar-refractivity contribution in [2.24, 2.45) is 0 Å². The molecule has 0 aliphatic carbocycles. The average Bonchev–Trinajstić information content (AvgIpc) is 2.65. The van der Waals surface area contributed by atoms with Gasteiger partial charge in [-0.3, -0.25) is 4.68 Å². The normalized spacial score (nSPS) is 11.1. The van der Waals surface area contributed by atoms with Gasteiger partial charge in [0.15, 0.2) is 5.75 Å². The summed E-state index contributed by atoms with van der Waals surface area (Å²) in [5.74, 6) is -0.491. The molecule has 15 heavy (non-hydrogen) atoms. The van der Waals surface area contributed by atoms with Gasteiger partial charge in [0.25, 0.3) is 0 Å². The maximum absolute atomic E-state index is 11.0. The van der Waals surface area contributed by atoms with Crippen LogP contribution in [0, 0.1) is 11.3 Å². The van der Waals surface area contributed by atoms with Crippen molar-refractivity contribution in [3.63, 3.8) is 0 Å². The van der Waals surface area contributed by atoms with Gasteiger partial charge in [0.05, 0.1) is 6.07 Å². The molecule has 0 aliphatic heterocycles. The molecule has 0 saturated carbocycles. The molecule has 0 unspecified atom stereocenters. The molecule has 0 atom stereocenters. The molecule has 1 aromatic rings. The summed E-state index contributed by atoms with van der Waals surface area (Å²) in [6.45, 7) is 0.978. The molecule has 0 saturated heterocycles. The van der Waals surface area contributed by atoms with Crippen molar-refractivity contribution in [2.75, 3.05) is 12.3 Å². The molecule has 1 aromatic heterocycles. The van der Waals surface area contributed by atoms with E-state index in [9.17, 15) is 8.42 Å². The SMILES string of the molecule is N#CCS(=O)(=O)NCCCn1cccn1. The van der Waals surface area contributed by atoms with E-state index >= 15 is 0 Å². The fraction of sp³-hybridized carbons (Fsp3) is 0.500. The Morgan fingerprint density at radius 3 is 2.93 bits per heavy atom. The molecule has 0 amide bonds. The van der Waals surface area contributed by atoms with Crippen molar-refractivity contribution < 1.29 is 8.42 Å². The number of hydrogen-bond donors (Lipinski definition) is 1. The molecule has 6 nitrogen and oxygen atoms in total. The van der Waals surface area contributed by atoms with Gasteiger partial charge in [0, 0.05) is 25.5 Å². The molecule has 1 rings (SSSR count). The Labute approximate surface area is 88.6 Å². The van der Waals surface area contributed by atoms with Crippen LogP contribution < -0.4 is 4.72 Å². The van der Waals surface area contributed by atoms with Crippen molar-refractivity contribution >= 4 is 10.0 Å². The van der Waals surface area contributed by atoms with Crippen LogP contribution in [-0.4, -0.2) is 30.5 Å². The summed E-state index contributed by atoms with van der Waals surface area (Å²) in [5, 5.41) is 12.2. The van der Waals surface area contributed by atoms with E-state index in [1.54, 1.807) is 23.0 Å². The van der Waals surface area contributed by atoms with Gasteiger partial charge in [-0.2, -0.15) is 10.4 Å². The van der Waals surface area contributed by atoms with Crippen LogP contribution >= 0.6 is 0 Å². The molecule has 0 aromatic carbocycles. The van der Waals surface area contributed by atoms with Crippen LogP contribution in [0.25, 0.3) is 0 Å². The first kappa shape index (κ1) is 11.7. The van der Waals surface area contributed by atoms with E-state index in [0.29, 0.717) is 19.5 Å². The molecule has 0 spiro atoms. The summed E-state index contributed by atoms with van der Waals surface area (Å²) >= 11 is 0. The Hall–Kier alpha value is -1.39. The zero-order valence-electron chi connectivity index (χ0n) is 8.13. The highest BCUT2D eigenvalue weighted by Crippen LogP contribution is 1.89. The molecule has 0 aliphatic rings. The van der Waals surface area contributed by atoms with E-state index in [4.69, 9.17) is 5.26 Å². The fourth-order valence-corrected chi connectivity index (χ4v) is 1.76. The second-order valence-corrected chi connectivity index (χ2v) is 4.74. The maximum atomic E-state index is 11.0. The number of aromatic nitrogens is 2. The first-order valence-electron chi connectivity index (χ1n) is 4.46. The Morgan fingerprint density at radius 2 is 2.33 bits per heavy atom. The van der Waals surface area contributed by atoms with E-state index in [-0.39, 0.29) is 0 Å². The largest absolute Gasteiger partial charge is 0.273 e. The predicted octanol–water partition coefficient (Wildman–Crippen LogP) is -0.284. The van der Waals surface area contributed by atoms with Gasteiger partial charge >= 0.3 is 0 Å². The zero-order valence-corrected chi connectivity index (χ0v) is 8.94. The number of sulfonamides is 1. The van der Waals surface area contributed by atoms with Gasteiger partial charge in [-0.25, -0.2) is 13.1 Å². The maximum Gasteiger partial charge on any atom is 0.225 e. The van der Waals surface area contributed by atoms with Gasteiger partial charge in [-0.15, -0.1) is 0 Å². The number of aryl methyl sites for hydroxylation is 1. The average molecular weight is 228 g/mol. The summed E-state index contributed by atoms with van der Waals surface area (Å²) in [7, 11) is -3.41. The van der Waals surface area contributed by atoms with E-state index in [2.05, 4.69) is 9.82 Å². The second-order valence-electron chi connectivity index (χ2n) is 2.93. The first-order chi connectivity index (χ1) is 7.14. The standard InChI is InChI=1S/C8H12N4O2S/c9-3-8-15(13,14)11-5-2-7-12-6-1-4-10-12/h1,4,6,11H,2,5,7-8H2. The third-order valence-electron chi connectivity index (χ3n) is 1.70. The summed E-state index contributed by atoms with van der Waals surface area (Å²) in [4.78, 5) is 0. The minimum atomic E-state index is -3.41. The van der Waals surface area contributed by atoms with Crippen LogP contribution in [0.5, 0.6) is 0 Å². The van der Waals surface area contributed by atoms with E-state index in [1.165, 1.54) is 0 Å². The lowest BCUT2D eigenvalue weighted by molar-refractivity contribution is 0.554. The lowest BCUT2D eigenvalue weighted by Crippen LogP contribution is -2.27. The Balaban J connectivity index is 2.20. The van der Waals surface area contributed by atoms with Crippen LogP contribution in [0.3, 0.4) is 0 Å². The Morgan fingerprint density at radius 1 is 1.53 bits per heavy atom. The van der Waals surface area contributed by atoms with Crippen LogP contribution in [0.1, 0.15) is 6.42 Å². The van der Waals surface area contributed by atoms with Gasteiger partial charge in [0.2, 0.25) is 10.0 Å². The lowest BCUT2D eigenvalue weighted by atomic mass is 10.4. The number of nitrogens with one attached hydrogen (secondary N) is 1. The third kappa shape index (κ3) is 4.58. The molecule has 1 heterocycles. The summed E-state index contributed by atoms with van der Waals surface area (Å²) < 4.78 is 26.1. The molecule has 7 heteroatoms. The van der Waals surface area contributed by atoms with E-state index in [1.807, 2.05) is 6.20 Å². The van der Waals surface area contributed by atoms with E-state index < -0.39 is 15.8 Å². The third-order valence-corrected chi connectivity index (χ3v) is 2.85. The molecule has 0 fully saturated rings. The Bertz CT molecular complexity index is 418. The highest BCUT2D eigenvalue weighted by atomic mass is 32.2. The highest BCUT2D eigenvalue weighted by molar-refractivity contribution is 7.89. The highest BCUT2D eigenvalue weighted by Gasteiger charge is 2.07. The van der Waals surface area contributed by atoms with Gasteiger partial charge in [-0.05, 0) is 12.5 Å². The van der Waals surface area contributed by atoms with Crippen LogP contribution in [0.15, 0.2) is 18.5 Å². The van der Waals surface area contributed by atoms with Crippen molar-refractivity contribution in [2.45, 2.75) is 13.0 Å². The van der Waals surface area contributed by atoms with Gasteiger partial charge < -0.3 is 0 Å². The number of hydrogen-bond acceptors (Lipinski definition) is 4. The van der Waals surface area contributed by atoms with Gasteiger partial charge in [-0.1, -0.05) is 0 Å². The first-order valence-corrected chi connectivity index (χ1v) is 6.11. The number of rotatable bonds is 6. The van der Waals surface area contributed by atoms with Crippen molar-refractivity contribution in [3.8, 4) is 6.07 Å². The lowest BCUT2D eigenvalue weighted by Gasteiger charge is -2.03. The Kier molecular flexibility index (Phi) is 4.27. The van der Waals surface area contributed by atoms with Crippen LogP contribution in [0.4, 0.5) is 0 Å². The van der Waals surface area contributed by atoms with Crippen LogP contribution in [0.2, 0.25) is 0 Å². The van der Waals surface area contributed by atoms with Gasteiger partial charge in [0.1, 0.15) is 0 Å². The molecular formula is C8H12N4O2S. The topological polar surface area (TPSA) is 87.8 Å². The molecule has 0 bridgehead atoms. The minimum Gasteiger partial charge on any atom is -0.273 e. The second kappa shape index (κ2) is 5.48. The van der Waals surface area contributed by atoms with E-state index in [0.717, 1.165) is 0 Å². The number of nitrogens with zero attached hydrogens (tertiary/aromatic N) is 3. The van der Waals surface area contributed by atoms with Crippen molar-refractivity contribution in [3.05, 3.63) is 18.5 Å². The quantitative estimate of drug-likeness (QED) is 0.678. The van der Waals surface area contributed by atoms with Crippen molar-refractivity contribution in [1.82, 2.24) is 14.5 Å². The molecular weight excluding hydrogens is 216 g/mol.